The maximum atomic E-state index is 9.52. The normalized spacial score (nSPS) is 40.6. The molecule has 2 radical (unpaired) electrons. The maximum Gasteiger partial charge on any atom is 0.153 e. The second-order valence-corrected chi connectivity index (χ2v) is 5.55. The molecule has 0 aromatic carbocycles. The Hall–Kier alpha value is -0.0951. The maximum absolute atomic E-state index is 9.52. The molecule has 2 saturated heterocycles. The highest BCUT2D eigenvalue weighted by molar-refractivity contribution is 6.12. The van der Waals surface area contributed by atoms with Crippen molar-refractivity contribution in [3.05, 3.63) is 0 Å². The largest absolute Gasteiger partial charge is 0.375 e. The number of hydrogen-bond acceptors (Lipinski definition) is 4. The van der Waals surface area contributed by atoms with Gasteiger partial charge in [0.05, 0.1) is 11.6 Å². The number of rotatable bonds is 3. The Morgan fingerprint density at radius 1 is 1.69 bits per heavy atom. The Labute approximate surface area is 98.7 Å². The van der Waals surface area contributed by atoms with Gasteiger partial charge in [-0.2, -0.15) is 0 Å². The number of hydrogen-bond donors (Lipinski definition) is 2. The van der Waals surface area contributed by atoms with Crippen LogP contribution in [0, 0.1) is 0 Å². The van der Waals surface area contributed by atoms with Crippen molar-refractivity contribution >= 4 is 7.85 Å². The molecule has 5 heteroatoms. The number of likely N-dealkylation sites (N-methyl/N-ethyl adjacent to an activating group) is 1. The zero-order valence-electron chi connectivity index (χ0n) is 10.4. The predicted octanol–water partition coefficient (Wildman–Crippen LogP) is -0.338. The molecule has 16 heavy (non-hydrogen) atoms. The molecule has 2 aliphatic rings. The highest BCUT2D eigenvalue weighted by Crippen LogP contribution is 2.34. The van der Waals surface area contributed by atoms with E-state index < -0.39 is 5.69 Å². The molecule has 0 aliphatic carbocycles. The summed E-state index contributed by atoms with van der Waals surface area (Å²) in [6, 6.07) is 0.549. The van der Waals surface area contributed by atoms with Crippen LogP contribution in [-0.2, 0) is 4.74 Å². The lowest BCUT2D eigenvalue weighted by Crippen LogP contribution is -2.64. The Kier molecular flexibility index (Phi) is 3.08. The summed E-state index contributed by atoms with van der Waals surface area (Å²) in [7, 11) is 7.62. The number of fused-ring (bicyclic) bond motifs is 2. The molecular formula is C11H21BN2O2. The van der Waals surface area contributed by atoms with Crippen LogP contribution in [0.3, 0.4) is 0 Å². The molecule has 0 saturated carbocycles. The fourth-order valence-electron chi connectivity index (χ4n) is 3.09. The summed E-state index contributed by atoms with van der Waals surface area (Å²) in [6.07, 6.45) is 2.16. The first-order chi connectivity index (χ1) is 7.31. The third-order valence-electron chi connectivity index (χ3n) is 3.71. The van der Waals surface area contributed by atoms with E-state index in [2.05, 4.69) is 17.3 Å². The second kappa shape index (κ2) is 3.98. The first-order valence-corrected chi connectivity index (χ1v) is 5.96. The van der Waals surface area contributed by atoms with E-state index >= 15 is 0 Å². The summed E-state index contributed by atoms with van der Waals surface area (Å²) in [5.74, 6) is 0. The van der Waals surface area contributed by atoms with E-state index in [0.717, 1.165) is 19.5 Å². The predicted molar refractivity (Wildman–Crippen MR) is 63.3 cm³/mol. The zero-order valence-corrected chi connectivity index (χ0v) is 10.4. The second-order valence-electron chi connectivity index (χ2n) is 5.55. The molecule has 0 aromatic heterocycles. The van der Waals surface area contributed by atoms with Gasteiger partial charge in [0.25, 0.3) is 0 Å². The minimum atomic E-state index is -1.55. The third kappa shape index (κ3) is 2.42. The Bertz CT molecular complexity index is 269. The molecule has 2 bridgehead atoms. The van der Waals surface area contributed by atoms with Crippen LogP contribution in [-0.4, -0.2) is 61.4 Å². The van der Waals surface area contributed by atoms with Crippen LogP contribution < -0.4 is 5.32 Å². The van der Waals surface area contributed by atoms with Gasteiger partial charge in [-0.3, -0.25) is 0 Å². The van der Waals surface area contributed by atoms with Gasteiger partial charge in [0.1, 0.15) is 5.69 Å². The van der Waals surface area contributed by atoms with Gasteiger partial charge in [-0.25, -0.2) is 0 Å². The van der Waals surface area contributed by atoms with Crippen molar-refractivity contribution in [2.75, 3.05) is 20.1 Å². The van der Waals surface area contributed by atoms with E-state index in [1.54, 1.807) is 0 Å². The lowest BCUT2D eigenvalue weighted by atomic mass is 9.89. The van der Waals surface area contributed by atoms with Gasteiger partial charge < -0.3 is 20.1 Å². The summed E-state index contributed by atoms with van der Waals surface area (Å²) in [6.45, 7) is 5.49. The number of ether oxygens (including phenoxy) is 1. The monoisotopic (exact) mass is 224 g/mol. The van der Waals surface area contributed by atoms with Gasteiger partial charge in [-0.15, -0.1) is 0 Å². The van der Waals surface area contributed by atoms with Crippen molar-refractivity contribution in [1.82, 2.24) is 10.2 Å². The van der Waals surface area contributed by atoms with E-state index in [-0.39, 0.29) is 11.6 Å². The standard InChI is InChI=1S/C11H21BN2O2/c1-8(16-10(2,12)15)11-5-4-9(13-11)6-14(3)7-11/h8-9,13,15H,4-7H2,1-3H3/t8?,9-,10?,11+/m1/s1. The molecular weight excluding hydrogens is 203 g/mol. The van der Waals surface area contributed by atoms with Gasteiger partial charge in [0, 0.05) is 19.1 Å². The van der Waals surface area contributed by atoms with Crippen molar-refractivity contribution in [3.8, 4) is 0 Å². The summed E-state index contributed by atoms with van der Waals surface area (Å²) >= 11 is 0. The van der Waals surface area contributed by atoms with Crippen molar-refractivity contribution in [3.63, 3.8) is 0 Å². The summed E-state index contributed by atoms with van der Waals surface area (Å²) in [5, 5.41) is 13.1. The van der Waals surface area contributed by atoms with E-state index in [9.17, 15) is 5.11 Å². The van der Waals surface area contributed by atoms with Gasteiger partial charge in [-0.05, 0) is 33.7 Å². The average Bonchev–Trinajstić information content (AvgIpc) is 2.40. The molecule has 0 amide bonds. The number of nitrogens with zero attached hydrogens (tertiary/aromatic N) is 1. The molecule has 2 heterocycles. The van der Waals surface area contributed by atoms with Crippen molar-refractivity contribution < 1.29 is 9.84 Å². The Balaban J connectivity index is 2.07. The molecule has 2 aliphatic heterocycles. The van der Waals surface area contributed by atoms with Gasteiger partial charge >= 0.3 is 0 Å². The van der Waals surface area contributed by atoms with Crippen LogP contribution in [0.4, 0.5) is 0 Å². The van der Waals surface area contributed by atoms with Crippen LogP contribution in [0.15, 0.2) is 0 Å². The number of nitrogens with one attached hydrogen (secondary N) is 1. The lowest BCUT2D eigenvalue weighted by Gasteiger charge is -2.45. The molecule has 4 nitrogen and oxygen atoms in total. The molecule has 2 rings (SSSR count). The van der Waals surface area contributed by atoms with E-state index in [1.807, 2.05) is 6.92 Å². The van der Waals surface area contributed by atoms with Gasteiger partial charge in [0.2, 0.25) is 0 Å². The average molecular weight is 224 g/mol. The minimum Gasteiger partial charge on any atom is -0.375 e. The lowest BCUT2D eigenvalue weighted by molar-refractivity contribution is -0.177. The molecule has 0 aromatic rings. The fraction of sp³-hybridized carbons (Fsp3) is 1.00. The number of piperazine rings is 1. The summed E-state index contributed by atoms with van der Waals surface area (Å²) in [5.41, 5.74) is -1.61. The van der Waals surface area contributed by atoms with Gasteiger partial charge in [-0.1, -0.05) is 0 Å². The van der Waals surface area contributed by atoms with Crippen molar-refractivity contribution in [1.29, 1.82) is 0 Å². The first kappa shape index (κ1) is 12.4. The molecule has 2 fully saturated rings. The Morgan fingerprint density at radius 2 is 2.38 bits per heavy atom. The van der Waals surface area contributed by atoms with Crippen LogP contribution in [0.1, 0.15) is 26.7 Å². The van der Waals surface area contributed by atoms with Crippen LogP contribution in [0.5, 0.6) is 0 Å². The zero-order chi connectivity index (χ0) is 12.0. The molecule has 2 N–H and O–H groups in total. The van der Waals surface area contributed by atoms with E-state index in [0.29, 0.717) is 6.04 Å². The first-order valence-electron chi connectivity index (χ1n) is 5.96. The Morgan fingerprint density at radius 3 is 3.00 bits per heavy atom. The highest BCUT2D eigenvalue weighted by Gasteiger charge is 2.48. The van der Waals surface area contributed by atoms with E-state index in [4.69, 9.17) is 12.6 Å². The smallest absolute Gasteiger partial charge is 0.153 e. The summed E-state index contributed by atoms with van der Waals surface area (Å²) < 4.78 is 5.49. The molecule has 4 atom stereocenters. The fourth-order valence-corrected chi connectivity index (χ4v) is 3.09. The third-order valence-corrected chi connectivity index (χ3v) is 3.71. The molecule has 2 unspecified atom stereocenters. The van der Waals surface area contributed by atoms with Crippen molar-refractivity contribution in [2.45, 2.75) is 50.1 Å². The SMILES string of the molecule is [B]C(C)(O)OC(C)[C@]12CC[C@H](CN(C)C1)N2. The van der Waals surface area contributed by atoms with Gasteiger partial charge in [0.15, 0.2) is 7.85 Å². The number of likely N-dealkylation sites (tertiary alicyclic amines) is 1. The summed E-state index contributed by atoms with van der Waals surface area (Å²) in [4.78, 5) is 2.32. The van der Waals surface area contributed by atoms with Crippen LogP contribution in [0.25, 0.3) is 0 Å². The van der Waals surface area contributed by atoms with Crippen molar-refractivity contribution in [2.24, 2.45) is 0 Å². The topological polar surface area (TPSA) is 44.7 Å². The minimum absolute atomic E-state index is 0.0545. The molecule has 90 valence electrons. The quantitative estimate of drug-likeness (QED) is 0.508. The van der Waals surface area contributed by atoms with Crippen LogP contribution >= 0.6 is 0 Å². The highest BCUT2D eigenvalue weighted by atomic mass is 16.6. The number of aliphatic hydroxyl groups is 1. The van der Waals surface area contributed by atoms with E-state index in [1.165, 1.54) is 13.3 Å². The van der Waals surface area contributed by atoms with Crippen LogP contribution in [0.2, 0.25) is 0 Å². The molecule has 0 spiro atoms.